The predicted molar refractivity (Wildman–Crippen MR) is 129 cm³/mol. The first-order valence-electron chi connectivity index (χ1n) is 11.9. The molecule has 1 aliphatic carbocycles. The van der Waals surface area contributed by atoms with E-state index in [1.165, 1.54) is 11.1 Å². The molecule has 0 aliphatic heterocycles. The molecule has 32 heavy (non-hydrogen) atoms. The van der Waals surface area contributed by atoms with Crippen molar-refractivity contribution < 1.29 is 9.77 Å². The molecule has 176 valence electrons. The van der Waals surface area contributed by atoms with Gasteiger partial charge in [0.05, 0.1) is 18.8 Å². The lowest BCUT2D eigenvalue weighted by Gasteiger charge is -2.30. The predicted octanol–water partition coefficient (Wildman–Crippen LogP) is 6.10. The highest BCUT2D eigenvalue weighted by atomic mass is 16.7. The topological polar surface area (TPSA) is 77.3 Å². The van der Waals surface area contributed by atoms with Crippen LogP contribution in [0, 0.1) is 23.0 Å². The van der Waals surface area contributed by atoms with Gasteiger partial charge in [-0.1, -0.05) is 57.0 Å². The zero-order valence-corrected chi connectivity index (χ0v) is 19.8. The number of nitrogens with zero attached hydrogens (tertiary/aromatic N) is 2. The third kappa shape index (κ3) is 9.77. The number of hydrazine groups is 1. The summed E-state index contributed by atoms with van der Waals surface area (Å²) in [6.45, 7) is 6.79. The molecule has 1 saturated carbocycles. The van der Waals surface area contributed by atoms with Crippen LogP contribution in [0.25, 0.3) is 0 Å². The minimum Gasteiger partial charge on any atom is -0.378 e. The fraction of sp³-hybridized carbons (Fsp3) is 0.577. The molecule has 0 radical (unpaired) electrons. The number of aryl methyl sites for hydroxylation is 1. The fourth-order valence-electron chi connectivity index (χ4n) is 4.15. The van der Waals surface area contributed by atoms with Crippen molar-refractivity contribution in [3.05, 3.63) is 76.1 Å². The molecular weight excluding hydrogens is 402 g/mol. The van der Waals surface area contributed by atoms with Gasteiger partial charge in [0.15, 0.2) is 5.03 Å². The lowest BCUT2D eigenvalue weighted by molar-refractivity contribution is -0.553. The maximum absolute atomic E-state index is 10.8. The summed E-state index contributed by atoms with van der Waals surface area (Å²) in [6, 6.07) is 14.5. The van der Waals surface area contributed by atoms with E-state index in [2.05, 4.69) is 47.7 Å². The van der Waals surface area contributed by atoms with Gasteiger partial charge >= 0.3 is 0 Å². The number of aromatic nitrogens is 1. The molecule has 2 atom stereocenters. The van der Waals surface area contributed by atoms with Crippen LogP contribution in [0.3, 0.4) is 0 Å². The van der Waals surface area contributed by atoms with Crippen molar-refractivity contribution in [3.63, 3.8) is 0 Å². The van der Waals surface area contributed by atoms with E-state index in [1.54, 1.807) is 12.4 Å². The highest BCUT2D eigenvalue weighted by molar-refractivity contribution is 5.19. The minimum atomic E-state index is -0.415. The van der Waals surface area contributed by atoms with Gasteiger partial charge in [-0.15, -0.1) is 5.43 Å². The first-order chi connectivity index (χ1) is 15.5. The zero-order valence-electron chi connectivity index (χ0n) is 19.8. The van der Waals surface area contributed by atoms with E-state index < -0.39 is 5.03 Å². The van der Waals surface area contributed by atoms with Gasteiger partial charge < -0.3 is 4.74 Å². The van der Waals surface area contributed by atoms with Crippen LogP contribution in [0.4, 0.5) is 0 Å². The summed E-state index contributed by atoms with van der Waals surface area (Å²) in [6.07, 6.45) is 11.2. The Morgan fingerprint density at radius 3 is 2.31 bits per heavy atom. The number of nitro groups is 1. The quantitative estimate of drug-likeness (QED) is 0.356. The summed E-state index contributed by atoms with van der Waals surface area (Å²) < 4.78 is 6.11. The Balaban J connectivity index is 0.000000439. The third-order valence-corrected chi connectivity index (χ3v) is 6.21. The van der Waals surface area contributed by atoms with E-state index in [4.69, 9.17) is 4.74 Å². The summed E-state index contributed by atoms with van der Waals surface area (Å²) in [5, 5.41) is 10.4. The van der Waals surface area contributed by atoms with Crippen LogP contribution in [-0.2, 0) is 4.74 Å². The van der Waals surface area contributed by atoms with Crippen LogP contribution in [0.5, 0.6) is 0 Å². The Hall–Kier alpha value is -2.47. The summed E-state index contributed by atoms with van der Waals surface area (Å²) in [5.74, 6) is 0.788. The SMILES string of the molecule is CCCCC(N[N+](=O)[O-])C(C)COC1CCC(c2ccccc2)CC1.Cc1ccncc1. The Bertz CT molecular complexity index is 749. The van der Waals surface area contributed by atoms with E-state index in [0.29, 0.717) is 18.6 Å². The maximum Gasteiger partial charge on any atom is 0.157 e. The number of rotatable bonds is 10. The van der Waals surface area contributed by atoms with Crippen LogP contribution < -0.4 is 5.43 Å². The standard InChI is InChI=1S/C20H32N2O3.C6H7N/c1-3-4-10-20(21-22(23)24)16(2)15-25-19-13-11-18(12-14-19)17-8-6-5-7-9-17;1-6-2-4-7-5-3-6/h5-9,16,18-21H,3-4,10-15H2,1-2H3;2-5H,1H3. The lowest BCUT2D eigenvalue weighted by atomic mass is 9.83. The minimum absolute atomic E-state index is 0.115. The smallest absolute Gasteiger partial charge is 0.157 e. The van der Waals surface area contributed by atoms with Gasteiger partial charge in [-0.3, -0.25) is 4.98 Å². The molecule has 1 fully saturated rings. The van der Waals surface area contributed by atoms with Crippen LogP contribution in [-0.4, -0.2) is 28.8 Å². The molecule has 6 nitrogen and oxygen atoms in total. The summed E-state index contributed by atoms with van der Waals surface area (Å²) in [4.78, 5) is 14.7. The number of hydrogen-bond acceptors (Lipinski definition) is 4. The van der Waals surface area contributed by atoms with E-state index in [-0.39, 0.29) is 12.0 Å². The molecule has 1 N–H and O–H groups in total. The van der Waals surface area contributed by atoms with E-state index >= 15 is 0 Å². The third-order valence-electron chi connectivity index (χ3n) is 6.21. The van der Waals surface area contributed by atoms with Crippen molar-refractivity contribution >= 4 is 0 Å². The van der Waals surface area contributed by atoms with Crippen molar-refractivity contribution in [2.75, 3.05) is 6.61 Å². The number of benzene rings is 1. The number of hydrogen-bond donors (Lipinski definition) is 1. The molecule has 1 aromatic heterocycles. The van der Waals surface area contributed by atoms with Crippen molar-refractivity contribution in [3.8, 4) is 0 Å². The number of pyridine rings is 1. The highest BCUT2D eigenvalue weighted by Crippen LogP contribution is 2.34. The molecule has 1 aliphatic rings. The van der Waals surface area contributed by atoms with Crippen LogP contribution in [0.1, 0.15) is 75.8 Å². The molecule has 3 rings (SSSR count). The van der Waals surface area contributed by atoms with Gasteiger partial charge in [0, 0.05) is 18.3 Å². The van der Waals surface area contributed by atoms with Crippen molar-refractivity contribution in [1.82, 2.24) is 10.4 Å². The Kier molecular flexibility index (Phi) is 11.7. The fourth-order valence-corrected chi connectivity index (χ4v) is 4.15. The summed E-state index contributed by atoms with van der Waals surface area (Å²) >= 11 is 0. The second-order valence-corrected chi connectivity index (χ2v) is 8.85. The largest absolute Gasteiger partial charge is 0.378 e. The lowest BCUT2D eigenvalue weighted by Crippen LogP contribution is -2.41. The van der Waals surface area contributed by atoms with Gasteiger partial charge in [0.25, 0.3) is 0 Å². The number of unbranched alkanes of at least 4 members (excludes halogenated alkanes) is 1. The highest BCUT2D eigenvalue weighted by Gasteiger charge is 2.26. The number of nitrogens with one attached hydrogen (secondary N) is 1. The Morgan fingerprint density at radius 1 is 1.12 bits per heavy atom. The average Bonchev–Trinajstić information content (AvgIpc) is 2.82. The van der Waals surface area contributed by atoms with Crippen molar-refractivity contribution in [2.24, 2.45) is 5.92 Å². The van der Waals surface area contributed by atoms with Gasteiger partial charge in [-0.05, 0) is 68.2 Å². The van der Waals surface area contributed by atoms with E-state index in [0.717, 1.165) is 44.9 Å². The monoisotopic (exact) mass is 441 g/mol. The average molecular weight is 442 g/mol. The van der Waals surface area contributed by atoms with Gasteiger partial charge in [-0.2, -0.15) is 0 Å². The Labute approximate surface area is 192 Å². The normalized spacial score (nSPS) is 19.8. The van der Waals surface area contributed by atoms with Crippen LogP contribution in [0.2, 0.25) is 0 Å². The molecular formula is C26H39N3O3. The second kappa shape index (κ2) is 14.6. The molecule has 1 aromatic carbocycles. The van der Waals surface area contributed by atoms with Gasteiger partial charge in [-0.25, -0.2) is 10.1 Å². The van der Waals surface area contributed by atoms with E-state index in [9.17, 15) is 10.1 Å². The first kappa shape index (κ1) is 25.8. The van der Waals surface area contributed by atoms with Crippen LogP contribution >= 0.6 is 0 Å². The van der Waals surface area contributed by atoms with Gasteiger partial charge in [0.2, 0.25) is 0 Å². The first-order valence-corrected chi connectivity index (χ1v) is 11.9. The van der Waals surface area contributed by atoms with Crippen molar-refractivity contribution in [1.29, 1.82) is 0 Å². The second-order valence-electron chi connectivity index (χ2n) is 8.85. The molecule has 6 heteroatoms. The van der Waals surface area contributed by atoms with E-state index in [1.807, 2.05) is 26.0 Å². The van der Waals surface area contributed by atoms with Crippen LogP contribution in [0.15, 0.2) is 54.9 Å². The van der Waals surface area contributed by atoms with Gasteiger partial charge in [0.1, 0.15) is 0 Å². The zero-order chi connectivity index (χ0) is 23.2. The molecule has 2 aromatic rings. The molecule has 0 saturated heterocycles. The summed E-state index contributed by atoms with van der Waals surface area (Å²) in [5.41, 5.74) is 5.17. The maximum atomic E-state index is 10.8. The molecule has 0 spiro atoms. The molecule has 0 amide bonds. The Morgan fingerprint density at radius 2 is 1.78 bits per heavy atom. The van der Waals surface area contributed by atoms with Crippen molar-refractivity contribution in [2.45, 2.75) is 83.8 Å². The molecule has 0 bridgehead atoms. The summed E-state index contributed by atoms with van der Waals surface area (Å²) in [7, 11) is 0. The molecule has 2 unspecified atom stereocenters. The number of ether oxygens (including phenoxy) is 1. The molecule has 1 heterocycles.